The van der Waals surface area contributed by atoms with Gasteiger partial charge in [-0.25, -0.2) is 0 Å². The van der Waals surface area contributed by atoms with E-state index in [1.165, 1.54) is 12.5 Å². The van der Waals surface area contributed by atoms with Crippen LogP contribution in [0.4, 0.5) is 0 Å². The van der Waals surface area contributed by atoms with Gasteiger partial charge in [0.05, 0.1) is 5.92 Å². The molecular weight excluding hydrogens is 248 g/mol. The molecule has 0 heterocycles. The van der Waals surface area contributed by atoms with Crippen molar-refractivity contribution in [1.29, 1.82) is 0 Å². The summed E-state index contributed by atoms with van der Waals surface area (Å²) >= 11 is 1.11. The zero-order valence-corrected chi connectivity index (χ0v) is 11.1. The van der Waals surface area contributed by atoms with Gasteiger partial charge in [0.25, 0.3) is 0 Å². The van der Waals surface area contributed by atoms with Crippen molar-refractivity contribution in [2.24, 2.45) is 5.92 Å². The second kappa shape index (κ2) is 5.57. The SMILES string of the molecule is CC(=O)SCC(C(=O)O)C1CCc2ccccc21. The number of carbonyl (C=O) groups excluding carboxylic acids is 1. The Hall–Kier alpha value is -1.29. The third-order valence-electron chi connectivity index (χ3n) is 3.45. The number of carboxylic acid groups (broad SMARTS) is 1. The van der Waals surface area contributed by atoms with Crippen LogP contribution < -0.4 is 0 Å². The number of rotatable bonds is 4. The smallest absolute Gasteiger partial charge is 0.307 e. The van der Waals surface area contributed by atoms with Crippen molar-refractivity contribution in [3.8, 4) is 0 Å². The number of thioether (sulfide) groups is 1. The molecule has 3 nitrogen and oxygen atoms in total. The summed E-state index contributed by atoms with van der Waals surface area (Å²) < 4.78 is 0. The maximum atomic E-state index is 11.4. The molecule has 4 heteroatoms. The van der Waals surface area contributed by atoms with E-state index in [0.29, 0.717) is 5.75 Å². The minimum atomic E-state index is -0.801. The van der Waals surface area contributed by atoms with E-state index in [-0.39, 0.29) is 11.0 Å². The molecule has 0 radical (unpaired) electrons. The number of carbonyl (C=O) groups is 2. The summed E-state index contributed by atoms with van der Waals surface area (Å²) in [7, 11) is 0. The van der Waals surface area contributed by atoms with Crippen LogP contribution in [-0.2, 0) is 16.0 Å². The third kappa shape index (κ3) is 2.75. The first-order chi connectivity index (χ1) is 8.59. The number of hydrogen-bond donors (Lipinski definition) is 1. The Balaban J connectivity index is 2.18. The van der Waals surface area contributed by atoms with Crippen LogP contribution in [-0.4, -0.2) is 21.9 Å². The van der Waals surface area contributed by atoms with Crippen LogP contribution in [0.1, 0.15) is 30.4 Å². The van der Waals surface area contributed by atoms with E-state index in [2.05, 4.69) is 6.07 Å². The molecule has 2 rings (SSSR count). The average molecular weight is 264 g/mol. The van der Waals surface area contributed by atoms with E-state index in [0.717, 1.165) is 30.2 Å². The summed E-state index contributed by atoms with van der Waals surface area (Å²) in [5, 5.41) is 9.33. The first-order valence-electron chi connectivity index (χ1n) is 6.03. The van der Waals surface area contributed by atoms with E-state index in [1.54, 1.807) is 0 Å². The molecule has 0 saturated carbocycles. The zero-order chi connectivity index (χ0) is 13.1. The predicted octanol–water partition coefficient (Wildman–Crippen LogP) is 2.70. The summed E-state index contributed by atoms with van der Waals surface area (Å²) in [5.41, 5.74) is 2.40. The largest absolute Gasteiger partial charge is 0.481 e. The van der Waals surface area contributed by atoms with Crippen LogP contribution in [0.2, 0.25) is 0 Å². The lowest BCUT2D eigenvalue weighted by atomic mass is 9.88. The molecule has 1 N–H and O–H groups in total. The van der Waals surface area contributed by atoms with Crippen molar-refractivity contribution in [1.82, 2.24) is 0 Å². The van der Waals surface area contributed by atoms with Crippen LogP contribution >= 0.6 is 11.8 Å². The number of aliphatic carboxylic acids is 1. The number of hydrogen-bond acceptors (Lipinski definition) is 3. The molecule has 2 unspecified atom stereocenters. The summed E-state index contributed by atoms with van der Waals surface area (Å²) in [6, 6.07) is 8.02. The quantitative estimate of drug-likeness (QED) is 0.908. The summed E-state index contributed by atoms with van der Waals surface area (Å²) in [6.07, 6.45) is 1.81. The van der Waals surface area contributed by atoms with Crippen LogP contribution in [0.5, 0.6) is 0 Å². The average Bonchev–Trinajstić information content (AvgIpc) is 2.73. The van der Waals surface area contributed by atoms with Crippen LogP contribution in [0, 0.1) is 5.92 Å². The Bertz CT molecular complexity index is 470. The molecule has 0 spiro atoms. The first kappa shape index (κ1) is 13.1. The van der Waals surface area contributed by atoms with Crippen molar-refractivity contribution < 1.29 is 14.7 Å². The van der Waals surface area contributed by atoms with Gasteiger partial charge in [-0.2, -0.15) is 0 Å². The van der Waals surface area contributed by atoms with Crippen molar-refractivity contribution in [2.45, 2.75) is 25.7 Å². The predicted molar refractivity (Wildman–Crippen MR) is 71.8 cm³/mol. The molecular formula is C14H16O3S. The van der Waals surface area contributed by atoms with E-state index in [9.17, 15) is 14.7 Å². The van der Waals surface area contributed by atoms with E-state index < -0.39 is 11.9 Å². The van der Waals surface area contributed by atoms with Gasteiger partial charge in [0.1, 0.15) is 0 Å². The van der Waals surface area contributed by atoms with Crippen LogP contribution in [0.15, 0.2) is 24.3 Å². The molecule has 0 bridgehead atoms. The second-order valence-electron chi connectivity index (χ2n) is 4.59. The van der Waals surface area contributed by atoms with Gasteiger partial charge < -0.3 is 5.11 Å². The van der Waals surface area contributed by atoms with Gasteiger partial charge in [-0.05, 0) is 29.9 Å². The van der Waals surface area contributed by atoms with Gasteiger partial charge in [0.15, 0.2) is 5.12 Å². The van der Waals surface area contributed by atoms with Crippen molar-refractivity contribution in [3.05, 3.63) is 35.4 Å². The first-order valence-corrected chi connectivity index (χ1v) is 7.02. The summed E-state index contributed by atoms with van der Waals surface area (Å²) in [6.45, 7) is 1.48. The second-order valence-corrected chi connectivity index (χ2v) is 5.79. The molecule has 0 fully saturated rings. The Morgan fingerprint density at radius 2 is 2.17 bits per heavy atom. The van der Waals surface area contributed by atoms with Crippen molar-refractivity contribution >= 4 is 22.8 Å². The number of aryl methyl sites for hydroxylation is 1. The van der Waals surface area contributed by atoms with Crippen molar-refractivity contribution in [3.63, 3.8) is 0 Å². The lowest BCUT2D eigenvalue weighted by molar-refractivity contribution is -0.141. The van der Waals surface area contributed by atoms with Crippen molar-refractivity contribution in [2.75, 3.05) is 5.75 Å². The summed E-state index contributed by atoms with van der Waals surface area (Å²) in [5.74, 6) is -0.859. The van der Waals surface area contributed by atoms with E-state index in [4.69, 9.17) is 0 Å². The Morgan fingerprint density at radius 1 is 1.44 bits per heavy atom. The number of carboxylic acids is 1. The standard InChI is InChI=1S/C14H16O3S/c1-9(15)18-8-13(14(16)17)12-7-6-10-4-2-3-5-11(10)12/h2-5,12-13H,6-8H2,1H3,(H,16,17). The lowest BCUT2D eigenvalue weighted by Crippen LogP contribution is -2.23. The number of fused-ring (bicyclic) bond motifs is 1. The van der Waals surface area contributed by atoms with Crippen LogP contribution in [0.3, 0.4) is 0 Å². The highest BCUT2D eigenvalue weighted by Crippen LogP contribution is 2.39. The highest BCUT2D eigenvalue weighted by Gasteiger charge is 2.34. The Kier molecular flexibility index (Phi) is 4.07. The lowest BCUT2D eigenvalue weighted by Gasteiger charge is -2.19. The van der Waals surface area contributed by atoms with Gasteiger partial charge in [-0.15, -0.1) is 0 Å². The molecule has 2 atom stereocenters. The van der Waals surface area contributed by atoms with Crippen LogP contribution in [0.25, 0.3) is 0 Å². The van der Waals surface area contributed by atoms with Gasteiger partial charge >= 0.3 is 5.97 Å². The maximum absolute atomic E-state index is 11.4. The normalized spacial score (nSPS) is 19.3. The molecule has 18 heavy (non-hydrogen) atoms. The zero-order valence-electron chi connectivity index (χ0n) is 10.3. The van der Waals surface area contributed by atoms with Gasteiger partial charge in [-0.1, -0.05) is 36.0 Å². The fourth-order valence-electron chi connectivity index (χ4n) is 2.57. The minimum Gasteiger partial charge on any atom is -0.481 e. The monoisotopic (exact) mass is 264 g/mol. The van der Waals surface area contributed by atoms with Gasteiger partial charge in [0.2, 0.25) is 0 Å². The Morgan fingerprint density at radius 3 is 2.83 bits per heavy atom. The minimum absolute atomic E-state index is 0.0208. The summed E-state index contributed by atoms with van der Waals surface area (Å²) in [4.78, 5) is 22.4. The molecule has 96 valence electrons. The highest BCUT2D eigenvalue weighted by molar-refractivity contribution is 8.13. The fraction of sp³-hybridized carbons (Fsp3) is 0.429. The van der Waals surface area contributed by atoms with Gasteiger partial charge in [-0.3, -0.25) is 9.59 Å². The topological polar surface area (TPSA) is 54.4 Å². The number of benzene rings is 1. The van der Waals surface area contributed by atoms with E-state index >= 15 is 0 Å². The maximum Gasteiger partial charge on any atom is 0.307 e. The molecule has 0 aromatic heterocycles. The third-order valence-corrected chi connectivity index (χ3v) is 4.38. The molecule has 0 amide bonds. The van der Waals surface area contributed by atoms with E-state index in [1.807, 2.05) is 18.2 Å². The van der Waals surface area contributed by atoms with Gasteiger partial charge in [0, 0.05) is 12.7 Å². The molecule has 1 aromatic rings. The molecule has 1 aliphatic carbocycles. The Labute approximate surface area is 111 Å². The molecule has 1 aliphatic rings. The molecule has 0 aliphatic heterocycles. The molecule has 0 saturated heterocycles. The molecule has 1 aromatic carbocycles. The highest BCUT2D eigenvalue weighted by atomic mass is 32.2. The fourth-order valence-corrected chi connectivity index (χ4v) is 3.36.